The van der Waals surface area contributed by atoms with E-state index in [4.69, 9.17) is 18.0 Å². The van der Waals surface area contributed by atoms with Crippen LogP contribution in [0.25, 0.3) is 0 Å². The molecule has 1 unspecified atom stereocenters. The smallest absolute Gasteiger partial charge is 0.0733 e. The van der Waals surface area contributed by atoms with E-state index in [1.54, 1.807) is 0 Å². The Labute approximate surface area is 122 Å². The van der Waals surface area contributed by atoms with Gasteiger partial charge in [0.25, 0.3) is 0 Å². The zero-order valence-electron chi connectivity index (χ0n) is 11.9. The molecule has 0 aromatic heterocycles. The van der Waals surface area contributed by atoms with Gasteiger partial charge in [0.1, 0.15) is 0 Å². The van der Waals surface area contributed by atoms with E-state index in [1.807, 2.05) is 0 Å². The summed E-state index contributed by atoms with van der Waals surface area (Å²) in [5.74, 6) is 0. The number of piperidine rings is 1. The van der Waals surface area contributed by atoms with Gasteiger partial charge in [-0.25, -0.2) is 0 Å². The molecule has 4 heteroatoms. The maximum absolute atomic E-state index is 5.74. The van der Waals surface area contributed by atoms with Crippen molar-refractivity contribution in [2.24, 2.45) is 11.1 Å². The average Bonchev–Trinajstić information content (AvgIpc) is 2.97. The Morgan fingerprint density at radius 1 is 1.16 bits per heavy atom. The van der Waals surface area contributed by atoms with E-state index in [1.165, 1.54) is 71.2 Å². The molecule has 1 saturated carbocycles. The molecule has 2 heterocycles. The van der Waals surface area contributed by atoms with Crippen LogP contribution < -0.4 is 5.73 Å². The number of hydrogen-bond acceptors (Lipinski definition) is 3. The summed E-state index contributed by atoms with van der Waals surface area (Å²) in [7, 11) is 0. The van der Waals surface area contributed by atoms with Crippen LogP contribution >= 0.6 is 12.2 Å². The van der Waals surface area contributed by atoms with Gasteiger partial charge in [0.05, 0.1) is 4.99 Å². The third kappa shape index (κ3) is 3.47. The highest BCUT2D eigenvalue weighted by Crippen LogP contribution is 2.49. The lowest BCUT2D eigenvalue weighted by Gasteiger charge is -2.32. The second kappa shape index (κ2) is 5.66. The maximum Gasteiger partial charge on any atom is 0.0733 e. The van der Waals surface area contributed by atoms with Gasteiger partial charge >= 0.3 is 0 Å². The Hall–Kier alpha value is -0.190. The highest BCUT2D eigenvalue weighted by molar-refractivity contribution is 7.80. The Balaban J connectivity index is 1.48. The van der Waals surface area contributed by atoms with Gasteiger partial charge in [-0.05, 0) is 57.2 Å². The van der Waals surface area contributed by atoms with Crippen LogP contribution in [0.5, 0.6) is 0 Å². The third-order valence-electron chi connectivity index (χ3n) is 5.22. The Bertz CT molecular complexity index is 334. The largest absolute Gasteiger partial charge is 0.393 e. The molecule has 2 N–H and O–H groups in total. The normalized spacial score (nSPS) is 31.5. The molecule has 19 heavy (non-hydrogen) atoms. The maximum atomic E-state index is 5.74. The third-order valence-corrected chi connectivity index (χ3v) is 5.36. The molecule has 108 valence electrons. The molecular weight excluding hydrogens is 254 g/mol. The number of hydrogen-bond donors (Lipinski definition) is 1. The second-order valence-corrected chi connectivity index (χ2v) is 7.44. The van der Waals surface area contributed by atoms with Crippen LogP contribution in [0.1, 0.15) is 44.9 Å². The Morgan fingerprint density at radius 3 is 2.53 bits per heavy atom. The lowest BCUT2D eigenvalue weighted by atomic mass is 10.0. The number of thiocarbonyl (C=S) groups is 1. The van der Waals surface area contributed by atoms with E-state index in [2.05, 4.69) is 9.80 Å². The highest BCUT2D eigenvalue weighted by atomic mass is 32.1. The monoisotopic (exact) mass is 281 g/mol. The fourth-order valence-corrected chi connectivity index (χ4v) is 4.26. The molecule has 0 bridgehead atoms. The molecule has 3 fully saturated rings. The average molecular weight is 281 g/mol. The van der Waals surface area contributed by atoms with E-state index >= 15 is 0 Å². The Kier molecular flexibility index (Phi) is 4.11. The zero-order chi connectivity index (χ0) is 13.3. The van der Waals surface area contributed by atoms with Gasteiger partial charge in [0.15, 0.2) is 0 Å². The lowest BCUT2D eigenvalue weighted by molar-refractivity contribution is 0.157. The van der Waals surface area contributed by atoms with Gasteiger partial charge in [-0.2, -0.15) is 0 Å². The van der Waals surface area contributed by atoms with Gasteiger partial charge in [-0.3, -0.25) is 4.90 Å². The first kappa shape index (κ1) is 13.8. The van der Waals surface area contributed by atoms with Gasteiger partial charge in [0, 0.05) is 25.6 Å². The predicted octanol–water partition coefficient (Wildman–Crippen LogP) is 2.00. The highest BCUT2D eigenvalue weighted by Gasteiger charge is 2.45. The van der Waals surface area contributed by atoms with Crippen LogP contribution in [0, 0.1) is 5.41 Å². The summed E-state index contributed by atoms with van der Waals surface area (Å²) in [5, 5.41) is 0. The van der Waals surface area contributed by atoms with Gasteiger partial charge < -0.3 is 10.6 Å². The van der Waals surface area contributed by atoms with Crippen molar-refractivity contribution in [2.45, 2.75) is 51.0 Å². The van der Waals surface area contributed by atoms with Crippen molar-refractivity contribution >= 4 is 17.2 Å². The molecule has 1 aliphatic carbocycles. The van der Waals surface area contributed by atoms with Crippen molar-refractivity contribution in [3.8, 4) is 0 Å². The summed E-state index contributed by atoms with van der Waals surface area (Å²) < 4.78 is 0. The first-order valence-electron chi connectivity index (χ1n) is 7.92. The molecule has 3 rings (SSSR count). The molecule has 0 aromatic rings. The molecule has 2 aliphatic heterocycles. The van der Waals surface area contributed by atoms with Crippen LogP contribution in [0.15, 0.2) is 0 Å². The summed E-state index contributed by atoms with van der Waals surface area (Å²) in [6, 6.07) is 0.820. The Morgan fingerprint density at radius 2 is 1.89 bits per heavy atom. The fraction of sp³-hybridized carbons (Fsp3) is 0.933. The van der Waals surface area contributed by atoms with Crippen LogP contribution in [-0.4, -0.2) is 53.6 Å². The number of nitrogens with zero attached hydrogens (tertiary/aromatic N) is 2. The van der Waals surface area contributed by atoms with E-state index in [9.17, 15) is 0 Å². The van der Waals surface area contributed by atoms with Crippen molar-refractivity contribution in [1.29, 1.82) is 0 Å². The minimum absolute atomic E-state index is 0.461. The summed E-state index contributed by atoms with van der Waals surface area (Å²) >= 11 is 5.10. The molecule has 0 spiro atoms. The number of likely N-dealkylation sites (tertiary alicyclic amines) is 2. The van der Waals surface area contributed by atoms with Crippen molar-refractivity contribution in [1.82, 2.24) is 9.80 Å². The summed E-state index contributed by atoms with van der Waals surface area (Å²) in [5.41, 5.74) is 6.20. The molecule has 2 saturated heterocycles. The van der Waals surface area contributed by atoms with E-state index in [0.29, 0.717) is 10.4 Å². The number of nitrogens with two attached hydrogens (primary N) is 1. The SMILES string of the molecule is NC(=S)CC1(CN2CCC(N3CCCCC3)C2)CC1. The van der Waals surface area contributed by atoms with Crippen LogP contribution in [0.4, 0.5) is 0 Å². The standard InChI is InChI=1S/C15H27N3S/c16-14(19)10-15(5-6-15)12-17-9-4-13(11-17)18-7-2-1-3-8-18/h13H,1-12H2,(H2,16,19). The second-order valence-electron chi connectivity index (χ2n) is 6.92. The molecule has 0 aromatic carbocycles. The van der Waals surface area contributed by atoms with E-state index < -0.39 is 0 Å². The van der Waals surface area contributed by atoms with Crippen molar-refractivity contribution in [3.63, 3.8) is 0 Å². The summed E-state index contributed by atoms with van der Waals surface area (Å²) in [6.07, 6.45) is 9.23. The van der Waals surface area contributed by atoms with Crippen molar-refractivity contribution in [2.75, 3.05) is 32.7 Å². The minimum Gasteiger partial charge on any atom is -0.393 e. The molecule has 1 atom stereocenters. The topological polar surface area (TPSA) is 32.5 Å². The molecule has 3 nitrogen and oxygen atoms in total. The predicted molar refractivity (Wildman–Crippen MR) is 83.3 cm³/mol. The van der Waals surface area contributed by atoms with Crippen LogP contribution in [0.3, 0.4) is 0 Å². The van der Waals surface area contributed by atoms with Gasteiger partial charge in [0.2, 0.25) is 0 Å². The molecular formula is C15H27N3S. The first-order chi connectivity index (χ1) is 9.17. The lowest BCUT2D eigenvalue weighted by Crippen LogP contribution is -2.41. The molecule has 3 aliphatic rings. The zero-order valence-corrected chi connectivity index (χ0v) is 12.8. The van der Waals surface area contributed by atoms with Gasteiger partial charge in [-0.1, -0.05) is 18.6 Å². The quantitative estimate of drug-likeness (QED) is 0.781. The molecule has 0 amide bonds. The fourth-order valence-electron chi connectivity index (χ4n) is 3.95. The van der Waals surface area contributed by atoms with E-state index in [-0.39, 0.29) is 0 Å². The summed E-state index contributed by atoms with van der Waals surface area (Å²) in [4.78, 5) is 6.12. The van der Waals surface area contributed by atoms with Crippen LogP contribution in [0.2, 0.25) is 0 Å². The first-order valence-corrected chi connectivity index (χ1v) is 8.32. The minimum atomic E-state index is 0.461. The summed E-state index contributed by atoms with van der Waals surface area (Å²) in [6.45, 7) is 6.45. The van der Waals surface area contributed by atoms with Gasteiger partial charge in [-0.15, -0.1) is 0 Å². The van der Waals surface area contributed by atoms with Crippen molar-refractivity contribution < 1.29 is 0 Å². The number of rotatable bonds is 5. The molecule has 0 radical (unpaired) electrons. The van der Waals surface area contributed by atoms with Crippen LogP contribution in [-0.2, 0) is 0 Å². The van der Waals surface area contributed by atoms with E-state index in [0.717, 1.165) is 12.5 Å². The van der Waals surface area contributed by atoms with Crippen molar-refractivity contribution in [3.05, 3.63) is 0 Å².